The van der Waals surface area contributed by atoms with Crippen LogP contribution in [0.2, 0.25) is 0 Å². The van der Waals surface area contributed by atoms with Crippen molar-refractivity contribution in [3.8, 4) is 0 Å². The Balaban J connectivity index is 1.97. The van der Waals surface area contributed by atoms with E-state index in [1.807, 2.05) is 24.4 Å². The summed E-state index contributed by atoms with van der Waals surface area (Å²) in [6.07, 6.45) is 2.01. The first kappa shape index (κ1) is 15.4. The van der Waals surface area contributed by atoms with Crippen molar-refractivity contribution < 1.29 is 0 Å². The zero-order chi connectivity index (χ0) is 16.1. The second-order valence-corrected chi connectivity index (χ2v) is 7.86. The van der Waals surface area contributed by atoms with Crippen molar-refractivity contribution in [3.05, 3.63) is 95.6 Å². The molecule has 0 saturated heterocycles. The number of rotatable bonds is 4. The van der Waals surface area contributed by atoms with Gasteiger partial charge in [0.1, 0.15) is 0 Å². The molecule has 2 heteroatoms. The molecule has 1 nitrogen and oxygen atoms in total. The fourth-order valence-corrected chi connectivity index (χ4v) is 4.29. The summed E-state index contributed by atoms with van der Waals surface area (Å²) < 4.78 is 4.97. The molecule has 0 unspecified atom stereocenters. The van der Waals surface area contributed by atoms with Crippen molar-refractivity contribution in [2.24, 2.45) is 4.66 Å². The average molecular weight is 314 g/mol. The van der Waals surface area contributed by atoms with E-state index in [9.17, 15) is 0 Å². The lowest BCUT2D eigenvalue weighted by molar-refractivity contribution is 1.48. The van der Waals surface area contributed by atoms with Crippen LogP contribution in [0.15, 0.2) is 83.5 Å². The molecule has 0 N–H and O–H groups in total. The maximum absolute atomic E-state index is 4.97. The van der Waals surface area contributed by atoms with E-state index in [2.05, 4.69) is 74.5 Å². The topological polar surface area (TPSA) is 12.4 Å². The molecule has 0 aliphatic carbocycles. The minimum atomic E-state index is -1.16. The van der Waals surface area contributed by atoms with E-state index < -0.39 is 8.96 Å². The Morgan fingerprint density at radius 3 is 1.61 bits per heavy atom. The standard InChI is InChI=1S/C21H20NSi/c1-17-8-12-20(13-9-17)23(21-14-10-18(2)11-15-21)22-16-19-6-4-3-5-7-19/h3-16H,1-2H3/b22-16+. The Hall–Kier alpha value is -2.45. The van der Waals surface area contributed by atoms with Crippen LogP contribution in [0.1, 0.15) is 16.7 Å². The lowest BCUT2D eigenvalue weighted by Crippen LogP contribution is -2.40. The average Bonchev–Trinajstić information content (AvgIpc) is 2.59. The van der Waals surface area contributed by atoms with Crippen LogP contribution >= 0.6 is 0 Å². The first-order chi connectivity index (χ1) is 11.2. The summed E-state index contributed by atoms with van der Waals surface area (Å²) in [5.41, 5.74) is 3.71. The summed E-state index contributed by atoms with van der Waals surface area (Å²) >= 11 is 0. The fourth-order valence-electron chi connectivity index (χ4n) is 2.42. The molecule has 23 heavy (non-hydrogen) atoms. The Labute approximate surface area is 140 Å². The highest BCUT2D eigenvalue weighted by atomic mass is 28.3. The number of nitrogens with zero attached hydrogens (tertiary/aromatic N) is 1. The van der Waals surface area contributed by atoms with Gasteiger partial charge in [0.15, 0.2) is 0 Å². The van der Waals surface area contributed by atoms with Crippen LogP contribution in [0, 0.1) is 13.8 Å². The predicted octanol–water partition coefficient (Wildman–Crippen LogP) is 3.53. The Kier molecular flexibility index (Phi) is 4.84. The van der Waals surface area contributed by atoms with E-state index in [0.29, 0.717) is 0 Å². The molecule has 0 fully saturated rings. The Morgan fingerprint density at radius 2 is 1.13 bits per heavy atom. The van der Waals surface area contributed by atoms with Gasteiger partial charge >= 0.3 is 0 Å². The van der Waals surface area contributed by atoms with Crippen molar-refractivity contribution in [2.45, 2.75) is 13.8 Å². The van der Waals surface area contributed by atoms with Gasteiger partial charge in [-0.2, -0.15) is 0 Å². The third-order valence-electron chi connectivity index (χ3n) is 3.79. The van der Waals surface area contributed by atoms with Crippen LogP contribution in [-0.4, -0.2) is 15.2 Å². The third-order valence-corrected chi connectivity index (χ3v) is 5.94. The van der Waals surface area contributed by atoms with Crippen molar-refractivity contribution in [2.75, 3.05) is 0 Å². The Morgan fingerprint density at radius 1 is 0.652 bits per heavy atom. The second-order valence-electron chi connectivity index (χ2n) is 5.75. The maximum Gasteiger partial charge on any atom is 0.265 e. The monoisotopic (exact) mass is 314 g/mol. The quantitative estimate of drug-likeness (QED) is 0.516. The van der Waals surface area contributed by atoms with Crippen molar-refractivity contribution in [3.63, 3.8) is 0 Å². The molecule has 3 aromatic rings. The van der Waals surface area contributed by atoms with Gasteiger partial charge in [-0.05, 0) is 29.8 Å². The zero-order valence-corrected chi connectivity index (χ0v) is 14.5. The summed E-state index contributed by atoms with van der Waals surface area (Å²) in [4.78, 5) is 0. The summed E-state index contributed by atoms with van der Waals surface area (Å²) in [6, 6.07) is 27.9. The second kappa shape index (κ2) is 7.21. The van der Waals surface area contributed by atoms with Gasteiger partial charge in [0.25, 0.3) is 8.96 Å². The van der Waals surface area contributed by atoms with Gasteiger partial charge in [0.2, 0.25) is 0 Å². The van der Waals surface area contributed by atoms with Crippen LogP contribution in [0.4, 0.5) is 0 Å². The molecule has 113 valence electrons. The zero-order valence-electron chi connectivity index (χ0n) is 13.5. The highest BCUT2D eigenvalue weighted by Gasteiger charge is 2.16. The number of hydrogen-bond donors (Lipinski definition) is 0. The van der Waals surface area contributed by atoms with Crippen molar-refractivity contribution in [1.29, 1.82) is 0 Å². The molecule has 0 amide bonds. The van der Waals surface area contributed by atoms with Crippen LogP contribution in [0.5, 0.6) is 0 Å². The fraction of sp³-hybridized carbons (Fsp3) is 0.0952. The van der Waals surface area contributed by atoms with Crippen LogP contribution < -0.4 is 10.4 Å². The smallest absolute Gasteiger partial charge is 0.265 e. The minimum absolute atomic E-state index is 1.15. The van der Waals surface area contributed by atoms with Gasteiger partial charge in [-0.25, -0.2) is 0 Å². The van der Waals surface area contributed by atoms with Crippen LogP contribution in [0.25, 0.3) is 0 Å². The lowest BCUT2D eigenvalue weighted by atomic mass is 10.2. The van der Waals surface area contributed by atoms with Crippen LogP contribution in [-0.2, 0) is 0 Å². The van der Waals surface area contributed by atoms with Gasteiger partial charge in [-0.3, -0.25) is 0 Å². The molecular formula is C21H20NSi. The summed E-state index contributed by atoms with van der Waals surface area (Å²) in [5, 5.41) is 2.63. The van der Waals surface area contributed by atoms with E-state index in [1.165, 1.54) is 21.5 Å². The SMILES string of the molecule is Cc1ccc([Si](/N=C/c2ccccc2)c2ccc(C)cc2)cc1. The first-order valence-corrected chi connectivity index (χ1v) is 9.27. The normalized spacial score (nSPS) is 11.3. The molecule has 0 aliphatic heterocycles. The molecule has 0 bridgehead atoms. The highest BCUT2D eigenvalue weighted by Crippen LogP contribution is 2.01. The van der Waals surface area contributed by atoms with Crippen molar-refractivity contribution >= 4 is 25.5 Å². The first-order valence-electron chi connectivity index (χ1n) is 7.82. The lowest BCUT2D eigenvalue weighted by Gasteiger charge is -2.11. The number of aryl methyl sites for hydroxylation is 2. The third kappa shape index (κ3) is 4.05. The van der Waals surface area contributed by atoms with Gasteiger partial charge in [0, 0.05) is 6.21 Å². The van der Waals surface area contributed by atoms with Gasteiger partial charge in [-0.1, -0.05) is 90.0 Å². The summed E-state index contributed by atoms with van der Waals surface area (Å²) in [5.74, 6) is 0. The van der Waals surface area contributed by atoms with E-state index in [1.54, 1.807) is 0 Å². The van der Waals surface area contributed by atoms with E-state index in [4.69, 9.17) is 4.66 Å². The molecule has 3 aromatic carbocycles. The van der Waals surface area contributed by atoms with E-state index in [0.717, 1.165) is 5.56 Å². The molecule has 0 atom stereocenters. The minimum Gasteiger partial charge on any atom is -0.317 e. The molecule has 0 aromatic heterocycles. The van der Waals surface area contributed by atoms with Gasteiger partial charge < -0.3 is 4.66 Å². The van der Waals surface area contributed by atoms with Crippen molar-refractivity contribution in [1.82, 2.24) is 0 Å². The molecule has 0 aliphatic rings. The van der Waals surface area contributed by atoms with E-state index >= 15 is 0 Å². The molecule has 0 heterocycles. The van der Waals surface area contributed by atoms with Gasteiger partial charge in [-0.15, -0.1) is 0 Å². The number of benzene rings is 3. The molecule has 0 spiro atoms. The highest BCUT2D eigenvalue weighted by molar-refractivity contribution is 6.84. The molecule has 1 radical (unpaired) electrons. The van der Waals surface area contributed by atoms with Crippen LogP contribution in [0.3, 0.4) is 0 Å². The molecule has 0 saturated carbocycles. The largest absolute Gasteiger partial charge is 0.317 e. The Bertz CT molecular complexity index is 729. The number of hydrogen-bond acceptors (Lipinski definition) is 1. The molecular weight excluding hydrogens is 294 g/mol. The summed E-state index contributed by atoms with van der Waals surface area (Å²) in [6.45, 7) is 4.24. The predicted molar refractivity (Wildman–Crippen MR) is 101 cm³/mol. The maximum atomic E-state index is 4.97. The van der Waals surface area contributed by atoms with E-state index in [-0.39, 0.29) is 0 Å². The molecule has 3 rings (SSSR count). The summed E-state index contributed by atoms with van der Waals surface area (Å²) in [7, 11) is -1.16. The van der Waals surface area contributed by atoms with Gasteiger partial charge in [0.05, 0.1) is 0 Å².